The van der Waals surface area contributed by atoms with Crippen LogP contribution in [0.4, 0.5) is 5.69 Å². The molecule has 1 aliphatic heterocycles. The van der Waals surface area contributed by atoms with E-state index in [4.69, 9.17) is 11.5 Å². The van der Waals surface area contributed by atoms with Gasteiger partial charge in [-0.15, -0.1) is 0 Å². The molecule has 19 heavy (non-hydrogen) atoms. The monoisotopic (exact) mass is 265 g/mol. The lowest BCUT2D eigenvalue weighted by molar-refractivity contribution is -0.123. The highest BCUT2D eigenvalue weighted by Gasteiger charge is 2.33. The molecule has 2 heterocycles. The van der Waals surface area contributed by atoms with E-state index in [1.807, 2.05) is 6.92 Å². The molecule has 1 fully saturated rings. The highest BCUT2D eigenvalue weighted by molar-refractivity contribution is 5.99. The summed E-state index contributed by atoms with van der Waals surface area (Å²) in [7, 11) is 0. The van der Waals surface area contributed by atoms with Crippen LogP contribution in [0.3, 0.4) is 0 Å². The standard InChI is InChI=1S/C12H19N5O2/c1-2-16-7-8(13)10(15-16)12(19)17-6-4-3-5-9(17)11(14)18/h7,9H,2-6,13H2,1H3,(H2,14,18). The van der Waals surface area contributed by atoms with E-state index in [1.165, 1.54) is 4.90 Å². The van der Waals surface area contributed by atoms with E-state index in [0.29, 0.717) is 25.2 Å². The SMILES string of the molecule is CCn1cc(N)c(C(=O)N2CCCCC2C(N)=O)n1. The lowest BCUT2D eigenvalue weighted by atomic mass is 10.0. The van der Waals surface area contributed by atoms with Crippen molar-refractivity contribution in [2.24, 2.45) is 5.73 Å². The van der Waals surface area contributed by atoms with Crippen molar-refractivity contribution >= 4 is 17.5 Å². The fraction of sp³-hybridized carbons (Fsp3) is 0.583. The molecule has 0 radical (unpaired) electrons. The van der Waals surface area contributed by atoms with E-state index in [0.717, 1.165) is 12.8 Å². The number of carbonyl (C=O) groups excluding carboxylic acids is 2. The van der Waals surface area contributed by atoms with Gasteiger partial charge >= 0.3 is 0 Å². The molecule has 0 spiro atoms. The number of nitrogen functional groups attached to an aromatic ring is 1. The lowest BCUT2D eigenvalue weighted by Gasteiger charge is -2.33. The number of anilines is 1. The number of nitrogens with two attached hydrogens (primary N) is 2. The second kappa shape index (κ2) is 5.29. The molecule has 1 aliphatic rings. The van der Waals surface area contributed by atoms with Crippen molar-refractivity contribution in [2.75, 3.05) is 12.3 Å². The minimum absolute atomic E-state index is 0.204. The van der Waals surface area contributed by atoms with Gasteiger partial charge in [-0.2, -0.15) is 5.10 Å². The Bertz CT molecular complexity index is 496. The van der Waals surface area contributed by atoms with E-state index < -0.39 is 11.9 Å². The Morgan fingerprint density at radius 2 is 2.21 bits per heavy atom. The number of hydrogen-bond acceptors (Lipinski definition) is 4. The normalized spacial score (nSPS) is 19.4. The summed E-state index contributed by atoms with van der Waals surface area (Å²) in [6.45, 7) is 3.06. The zero-order valence-electron chi connectivity index (χ0n) is 11.0. The predicted octanol–water partition coefficient (Wildman–Crippen LogP) is -0.0348. The van der Waals surface area contributed by atoms with Gasteiger partial charge in [-0.3, -0.25) is 14.3 Å². The first-order valence-electron chi connectivity index (χ1n) is 6.47. The van der Waals surface area contributed by atoms with Gasteiger partial charge in [0.05, 0.1) is 5.69 Å². The van der Waals surface area contributed by atoms with Crippen molar-refractivity contribution in [3.8, 4) is 0 Å². The zero-order chi connectivity index (χ0) is 14.0. The van der Waals surface area contributed by atoms with E-state index in [1.54, 1.807) is 10.9 Å². The Kier molecular flexibility index (Phi) is 3.73. The number of primary amides is 1. The zero-order valence-corrected chi connectivity index (χ0v) is 11.0. The van der Waals surface area contributed by atoms with E-state index >= 15 is 0 Å². The number of aryl methyl sites for hydroxylation is 1. The van der Waals surface area contributed by atoms with Crippen LogP contribution in [0.1, 0.15) is 36.7 Å². The average Bonchev–Trinajstić information content (AvgIpc) is 2.79. The molecule has 4 N–H and O–H groups in total. The molecule has 7 heteroatoms. The number of piperidine rings is 1. The maximum atomic E-state index is 12.4. The Hall–Kier alpha value is -2.05. The summed E-state index contributed by atoms with van der Waals surface area (Å²) in [5.41, 5.74) is 11.7. The van der Waals surface area contributed by atoms with Crippen LogP contribution in [0.2, 0.25) is 0 Å². The molecule has 1 aromatic rings. The molecule has 104 valence electrons. The summed E-state index contributed by atoms with van der Waals surface area (Å²) < 4.78 is 1.60. The molecule has 1 atom stereocenters. The maximum Gasteiger partial charge on any atom is 0.277 e. The summed E-state index contributed by atoms with van der Waals surface area (Å²) >= 11 is 0. The molecule has 2 amide bonds. The highest BCUT2D eigenvalue weighted by atomic mass is 16.2. The third kappa shape index (κ3) is 2.54. The van der Waals surface area contributed by atoms with Gasteiger partial charge in [-0.1, -0.05) is 0 Å². The van der Waals surface area contributed by atoms with Gasteiger partial charge in [-0.25, -0.2) is 0 Å². The molecule has 0 aromatic carbocycles. The minimum Gasteiger partial charge on any atom is -0.396 e. The molecule has 1 unspecified atom stereocenters. The van der Waals surface area contributed by atoms with Crippen LogP contribution in [-0.4, -0.2) is 39.1 Å². The Balaban J connectivity index is 2.25. The summed E-state index contributed by atoms with van der Waals surface area (Å²) in [5.74, 6) is -0.783. The van der Waals surface area contributed by atoms with Crippen LogP contribution < -0.4 is 11.5 Å². The Morgan fingerprint density at radius 3 is 2.79 bits per heavy atom. The van der Waals surface area contributed by atoms with Crippen molar-refractivity contribution in [1.82, 2.24) is 14.7 Å². The average molecular weight is 265 g/mol. The fourth-order valence-corrected chi connectivity index (χ4v) is 2.37. The summed E-state index contributed by atoms with van der Waals surface area (Å²) in [6.07, 6.45) is 3.99. The van der Waals surface area contributed by atoms with Gasteiger partial charge in [0.25, 0.3) is 5.91 Å². The number of nitrogens with zero attached hydrogens (tertiary/aromatic N) is 3. The van der Waals surface area contributed by atoms with Crippen LogP contribution in [0.25, 0.3) is 0 Å². The molecule has 1 aromatic heterocycles. The van der Waals surface area contributed by atoms with Gasteiger partial charge in [0.1, 0.15) is 6.04 Å². The first-order chi connectivity index (χ1) is 9.04. The van der Waals surface area contributed by atoms with Crippen molar-refractivity contribution in [3.63, 3.8) is 0 Å². The van der Waals surface area contributed by atoms with Crippen LogP contribution in [0.5, 0.6) is 0 Å². The molecule has 1 saturated heterocycles. The third-order valence-electron chi connectivity index (χ3n) is 3.41. The summed E-state index contributed by atoms with van der Waals surface area (Å²) in [5, 5.41) is 4.15. The third-order valence-corrected chi connectivity index (χ3v) is 3.41. The largest absolute Gasteiger partial charge is 0.396 e. The second-order valence-corrected chi connectivity index (χ2v) is 4.70. The van der Waals surface area contributed by atoms with Crippen molar-refractivity contribution < 1.29 is 9.59 Å². The predicted molar refractivity (Wildman–Crippen MR) is 70.2 cm³/mol. The van der Waals surface area contributed by atoms with Gasteiger partial charge in [0.2, 0.25) is 5.91 Å². The molecule has 0 saturated carbocycles. The van der Waals surface area contributed by atoms with Crippen molar-refractivity contribution in [1.29, 1.82) is 0 Å². The lowest BCUT2D eigenvalue weighted by Crippen LogP contribution is -2.50. The number of aromatic nitrogens is 2. The van der Waals surface area contributed by atoms with Crippen LogP contribution in [-0.2, 0) is 11.3 Å². The molecular weight excluding hydrogens is 246 g/mol. The topological polar surface area (TPSA) is 107 Å². The quantitative estimate of drug-likeness (QED) is 0.799. The molecule has 0 aliphatic carbocycles. The van der Waals surface area contributed by atoms with Gasteiger partial charge in [-0.05, 0) is 26.2 Å². The van der Waals surface area contributed by atoms with Gasteiger partial charge in [0, 0.05) is 19.3 Å². The highest BCUT2D eigenvalue weighted by Crippen LogP contribution is 2.21. The second-order valence-electron chi connectivity index (χ2n) is 4.70. The first-order valence-corrected chi connectivity index (χ1v) is 6.47. The van der Waals surface area contributed by atoms with Crippen molar-refractivity contribution in [3.05, 3.63) is 11.9 Å². The van der Waals surface area contributed by atoms with E-state index in [9.17, 15) is 9.59 Å². The first kappa shape index (κ1) is 13.4. The number of carbonyl (C=O) groups is 2. The van der Waals surface area contributed by atoms with E-state index in [-0.39, 0.29) is 11.6 Å². The van der Waals surface area contributed by atoms with Crippen LogP contribution >= 0.6 is 0 Å². The number of hydrogen-bond donors (Lipinski definition) is 2. The molecular formula is C12H19N5O2. The molecule has 0 bridgehead atoms. The summed E-state index contributed by atoms with van der Waals surface area (Å²) in [6, 6.07) is -0.549. The van der Waals surface area contributed by atoms with Crippen molar-refractivity contribution in [2.45, 2.75) is 38.8 Å². The van der Waals surface area contributed by atoms with E-state index in [2.05, 4.69) is 5.10 Å². The van der Waals surface area contributed by atoms with Gasteiger partial charge < -0.3 is 16.4 Å². The Morgan fingerprint density at radius 1 is 1.47 bits per heavy atom. The number of amides is 2. The number of likely N-dealkylation sites (tertiary alicyclic amines) is 1. The smallest absolute Gasteiger partial charge is 0.277 e. The maximum absolute atomic E-state index is 12.4. The van der Waals surface area contributed by atoms with Crippen LogP contribution in [0.15, 0.2) is 6.20 Å². The minimum atomic E-state index is -0.549. The Labute approximate surface area is 111 Å². The summed E-state index contributed by atoms with van der Waals surface area (Å²) in [4.78, 5) is 25.3. The molecule has 7 nitrogen and oxygen atoms in total. The van der Waals surface area contributed by atoms with Gasteiger partial charge in [0.15, 0.2) is 5.69 Å². The fourth-order valence-electron chi connectivity index (χ4n) is 2.37. The molecule has 2 rings (SSSR count). The van der Waals surface area contributed by atoms with Crippen LogP contribution in [0, 0.1) is 0 Å². The number of rotatable bonds is 3.